The molecule has 3 heteroatoms. The Labute approximate surface area is 138 Å². The fourth-order valence-electron chi connectivity index (χ4n) is 2.12. The van der Waals surface area contributed by atoms with E-state index in [9.17, 15) is 0 Å². The number of nitrogens with one attached hydrogen (secondary N) is 1. The van der Waals surface area contributed by atoms with E-state index in [4.69, 9.17) is 0 Å². The molecule has 0 spiro atoms. The van der Waals surface area contributed by atoms with Crippen LogP contribution in [0.5, 0.6) is 0 Å². The highest BCUT2D eigenvalue weighted by Gasteiger charge is 2.12. The first-order chi connectivity index (χ1) is 10.3. The number of benzene rings is 1. The van der Waals surface area contributed by atoms with Gasteiger partial charge in [-0.3, -0.25) is 0 Å². The van der Waals surface area contributed by atoms with E-state index >= 15 is 0 Å². The molecule has 0 radical (unpaired) electrons. The van der Waals surface area contributed by atoms with E-state index in [1.54, 1.807) is 6.26 Å². The predicted molar refractivity (Wildman–Crippen MR) is 103 cm³/mol. The van der Waals surface area contributed by atoms with E-state index in [0.29, 0.717) is 6.04 Å². The molecule has 21 heavy (non-hydrogen) atoms. The minimum absolute atomic E-state index is 0.442. The van der Waals surface area contributed by atoms with Gasteiger partial charge in [0.15, 0.2) is 0 Å². The number of nitrogens with zero attached hydrogens (tertiary/aromatic N) is 1. The minimum atomic E-state index is 0.442. The second-order valence-corrected chi connectivity index (χ2v) is 4.30. The molecule has 1 unspecified atom stereocenters. The molecule has 1 heterocycles. The van der Waals surface area contributed by atoms with Gasteiger partial charge in [0.1, 0.15) is 0 Å². The Morgan fingerprint density at radius 3 is 1.76 bits per heavy atom. The maximum Gasteiger partial charge on any atom is 0.0366 e. The second kappa shape index (κ2) is 15.7. The van der Waals surface area contributed by atoms with E-state index in [-0.39, 0.29) is 0 Å². The van der Waals surface area contributed by atoms with Crippen molar-refractivity contribution in [2.75, 3.05) is 31.3 Å². The molecule has 1 fully saturated rings. The first-order valence-corrected chi connectivity index (χ1v) is 9.17. The van der Waals surface area contributed by atoms with Gasteiger partial charge in [-0.25, -0.2) is 0 Å². The van der Waals surface area contributed by atoms with Crippen molar-refractivity contribution in [1.82, 2.24) is 5.32 Å². The van der Waals surface area contributed by atoms with Gasteiger partial charge in [-0.15, -0.1) is 0 Å². The van der Waals surface area contributed by atoms with Crippen LogP contribution in [-0.2, 0) is 0 Å². The number of rotatable bonds is 3. The number of anilines is 1. The SMILES string of the molecule is CC.CC.CNC(C)c1ccc(N2CCCC2)cc1.CS. The fourth-order valence-corrected chi connectivity index (χ4v) is 2.12. The molecule has 1 N–H and O–H groups in total. The first-order valence-electron chi connectivity index (χ1n) is 8.28. The van der Waals surface area contributed by atoms with Gasteiger partial charge < -0.3 is 10.2 Å². The lowest BCUT2D eigenvalue weighted by Gasteiger charge is -2.18. The fraction of sp³-hybridized carbons (Fsp3) is 0.667. The van der Waals surface area contributed by atoms with E-state index in [2.05, 4.69) is 54.0 Å². The number of hydrogen-bond acceptors (Lipinski definition) is 3. The van der Waals surface area contributed by atoms with Crippen LogP contribution in [0.2, 0.25) is 0 Å². The Morgan fingerprint density at radius 1 is 0.952 bits per heavy atom. The van der Waals surface area contributed by atoms with Crippen LogP contribution < -0.4 is 10.2 Å². The lowest BCUT2D eigenvalue weighted by Crippen LogP contribution is -2.18. The number of hydrogen-bond donors (Lipinski definition) is 2. The zero-order valence-corrected chi connectivity index (χ0v) is 16.0. The van der Waals surface area contributed by atoms with Gasteiger partial charge >= 0.3 is 0 Å². The average molecular weight is 313 g/mol. The second-order valence-electron chi connectivity index (χ2n) is 4.30. The third-order valence-corrected chi connectivity index (χ3v) is 3.30. The molecule has 1 aliphatic rings. The Kier molecular flexibility index (Phi) is 16.9. The summed E-state index contributed by atoms with van der Waals surface area (Å²) in [5.41, 5.74) is 2.74. The average Bonchev–Trinajstić information content (AvgIpc) is 3.14. The molecule has 0 amide bonds. The van der Waals surface area contributed by atoms with Crippen LogP contribution in [0.15, 0.2) is 24.3 Å². The van der Waals surface area contributed by atoms with Crippen LogP contribution in [0.3, 0.4) is 0 Å². The summed E-state index contributed by atoms with van der Waals surface area (Å²) in [5, 5.41) is 3.26. The van der Waals surface area contributed by atoms with Crippen molar-refractivity contribution in [2.45, 2.75) is 53.5 Å². The molecule has 0 saturated carbocycles. The van der Waals surface area contributed by atoms with Crippen molar-refractivity contribution < 1.29 is 0 Å². The highest BCUT2D eigenvalue weighted by molar-refractivity contribution is 7.79. The molecular formula is C18H36N2S. The van der Waals surface area contributed by atoms with Gasteiger partial charge in [0, 0.05) is 24.8 Å². The molecule has 1 saturated heterocycles. The maximum atomic E-state index is 3.53. The van der Waals surface area contributed by atoms with Crippen LogP contribution in [-0.4, -0.2) is 26.4 Å². The van der Waals surface area contributed by atoms with E-state index in [1.165, 1.54) is 37.2 Å². The Hall–Kier alpha value is -0.670. The lowest BCUT2D eigenvalue weighted by molar-refractivity contribution is 0.652. The topological polar surface area (TPSA) is 15.3 Å². The molecule has 1 atom stereocenters. The van der Waals surface area contributed by atoms with Crippen LogP contribution in [0, 0.1) is 0 Å². The zero-order chi connectivity index (χ0) is 16.7. The van der Waals surface area contributed by atoms with Gasteiger partial charge in [0.25, 0.3) is 0 Å². The van der Waals surface area contributed by atoms with Gasteiger partial charge in [0.05, 0.1) is 0 Å². The smallest absolute Gasteiger partial charge is 0.0366 e. The maximum absolute atomic E-state index is 3.53. The molecule has 0 aromatic heterocycles. The lowest BCUT2D eigenvalue weighted by atomic mass is 10.1. The van der Waals surface area contributed by atoms with Crippen LogP contribution in [0.4, 0.5) is 5.69 Å². The van der Waals surface area contributed by atoms with Crippen LogP contribution in [0.25, 0.3) is 0 Å². The quantitative estimate of drug-likeness (QED) is 0.749. The first kappa shape index (κ1) is 22.6. The summed E-state index contributed by atoms with van der Waals surface area (Å²) in [6.45, 7) is 12.6. The summed E-state index contributed by atoms with van der Waals surface area (Å²) >= 11 is 3.53. The highest BCUT2D eigenvalue weighted by Crippen LogP contribution is 2.22. The largest absolute Gasteiger partial charge is 0.372 e. The Bertz CT molecular complexity index is 305. The molecule has 124 valence electrons. The molecule has 1 aliphatic heterocycles. The molecular weight excluding hydrogens is 276 g/mol. The van der Waals surface area contributed by atoms with E-state index < -0.39 is 0 Å². The highest BCUT2D eigenvalue weighted by atomic mass is 32.1. The molecule has 2 rings (SSSR count). The molecule has 2 nitrogen and oxygen atoms in total. The Balaban J connectivity index is 0. The normalized spacial score (nSPS) is 13.8. The standard InChI is InChI=1S/C13H20N2.2C2H6.CH4S/c1-11(14-2)12-5-7-13(8-6-12)15-9-3-4-10-15;3*1-2/h5-8,11,14H,3-4,9-10H2,1-2H3;2*1-2H3;2H,1H3. The zero-order valence-electron chi connectivity index (χ0n) is 15.1. The predicted octanol–water partition coefficient (Wildman–Crippen LogP) is 5.17. The Morgan fingerprint density at radius 2 is 1.38 bits per heavy atom. The number of thiol groups is 1. The molecule has 0 aliphatic carbocycles. The summed E-state index contributed by atoms with van der Waals surface area (Å²) in [7, 11) is 2.00. The third-order valence-electron chi connectivity index (χ3n) is 3.30. The summed E-state index contributed by atoms with van der Waals surface area (Å²) < 4.78 is 0. The summed E-state index contributed by atoms with van der Waals surface area (Å²) in [6, 6.07) is 9.39. The summed E-state index contributed by atoms with van der Waals surface area (Å²) in [6.07, 6.45) is 4.38. The minimum Gasteiger partial charge on any atom is -0.372 e. The molecule has 0 bridgehead atoms. The van der Waals surface area contributed by atoms with E-state index in [0.717, 1.165) is 0 Å². The summed E-state index contributed by atoms with van der Waals surface area (Å²) in [4.78, 5) is 2.47. The van der Waals surface area contributed by atoms with Crippen LogP contribution >= 0.6 is 12.6 Å². The van der Waals surface area contributed by atoms with Gasteiger partial charge in [-0.1, -0.05) is 39.8 Å². The molecule has 1 aromatic rings. The van der Waals surface area contributed by atoms with Crippen molar-refractivity contribution in [3.05, 3.63) is 29.8 Å². The monoisotopic (exact) mass is 312 g/mol. The van der Waals surface area contributed by atoms with E-state index in [1.807, 2.05) is 34.7 Å². The van der Waals surface area contributed by atoms with Crippen molar-refractivity contribution in [2.24, 2.45) is 0 Å². The van der Waals surface area contributed by atoms with Crippen molar-refractivity contribution in [3.63, 3.8) is 0 Å². The third kappa shape index (κ3) is 8.37. The van der Waals surface area contributed by atoms with Gasteiger partial charge in [-0.05, 0) is 50.8 Å². The summed E-state index contributed by atoms with van der Waals surface area (Å²) in [5.74, 6) is 0. The van der Waals surface area contributed by atoms with Crippen molar-refractivity contribution in [1.29, 1.82) is 0 Å². The van der Waals surface area contributed by atoms with Crippen molar-refractivity contribution in [3.8, 4) is 0 Å². The van der Waals surface area contributed by atoms with Crippen molar-refractivity contribution >= 4 is 18.3 Å². The van der Waals surface area contributed by atoms with Crippen LogP contribution in [0.1, 0.15) is 59.1 Å². The van der Waals surface area contributed by atoms with Gasteiger partial charge in [-0.2, -0.15) is 12.6 Å². The van der Waals surface area contributed by atoms with Gasteiger partial charge in [0.2, 0.25) is 0 Å². The molecule has 1 aromatic carbocycles.